The van der Waals surface area contributed by atoms with Crippen LogP contribution in [-0.4, -0.2) is 31.1 Å². The van der Waals surface area contributed by atoms with Gasteiger partial charge in [0.1, 0.15) is 0 Å². The van der Waals surface area contributed by atoms with Gasteiger partial charge in [0.2, 0.25) is 0 Å². The van der Waals surface area contributed by atoms with Gasteiger partial charge < -0.3 is 5.32 Å². The number of amides is 1. The van der Waals surface area contributed by atoms with Crippen LogP contribution in [0.3, 0.4) is 0 Å². The fourth-order valence-corrected chi connectivity index (χ4v) is 3.54. The average molecular weight is 384 g/mol. The zero-order valence-corrected chi connectivity index (χ0v) is 16.3. The van der Waals surface area contributed by atoms with Gasteiger partial charge in [0, 0.05) is 22.3 Å². The van der Waals surface area contributed by atoms with Crippen LogP contribution in [0.1, 0.15) is 40.5 Å². The Balaban J connectivity index is 1.48. The Labute approximate surface area is 167 Å². The van der Waals surface area contributed by atoms with E-state index in [9.17, 15) is 4.79 Å². The summed E-state index contributed by atoms with van der Waals surface area (Å²) in [5.41, 5.74) is 4.91. The van der Waals surface area contributed by atoms with Gasteiger partial charge in [0.15, 0.2) is 5.82 Å². The predicted octanol–water partition coefficient (Wildman–Crippen LogP) is 4.09. The lowest BCUT2D eigenvalue weighted by molar-refractivity contribution is 0.102. The summed E-state index contributed by atoms with van der Waals surface area (Å²) >= 11 is 0. The molecule has 0 atom stereocenters. The summed E-state index contributed by atoms with van der Waals surface area (Å²) in [5, 5.41) is 16.0. The molecular formula is C22H20N6O. The number of aromatic nitrogens is 5. The molecule has 0 spiro atoms. The maximum absolute atomic E-state index is 13.1. The van der Waals surface area contributed by atoms with Crippen LogP contribution in [0.25, 0.3) is 22.3 Å². The second-order valence-electron chi connectivity index (χ2n) is 7.54. The van der Waals surface area contributed by atoms with Gasteiger partial charge in [-0.3, -0.25) is 9.78 Å². The number of carbonyl (C=O) groups excluding carboxylic acids is 1. The van der Waals surface area contributed by atoms with Gasteiger partial charge in [-0.15, -0.1) is 5.10 Å². The maximum atomic E-state index is 13.1. The van der Waals surface area contributed by atoms with Crippen molar-refractivity contribution in [2.45, 2.75) is 32.7 Å². The highest BCUT2D eigenvalue weighted by Gasteiger charge is 2.28. The molecule has 144 valence electrons. The zero-order chi connectivity index (χ0) is 20.0. The molecule has 2 aromatic carbocycles. The molecule has 0 unspecified atom stereocenters. The first-order chi connectivity index (χ1) is 14.1. The second-order valence-corrected chi connectivity index (χ2v) is 7.54. The summed E-state index contributed by atoms with van der Waals surface area (Å²) in [6, 6.07) is 15.8. The highest BCUT2D eigenvalue weighted by atomic mass is 16.1. The lowest BCUT2D eigenvalue weighted by atomic mass is 10.0. The first kappa shape index (κ1) is 17.5. The van der Waals surface area contributed by atoms with Gasteiger partial charge in [-0.05, 0) is 67.4 Å². The molecule has 1 N–H and O–H groups in total. The molecule has 5 rings (SSSR count). The predicted molar refractivity (Wildman–Crippen MR) is 111 cm³/mol. The summed E-state index contributed by atoms with van der Waals surface area (Å²) in [5.74, 6) is 0.564. The number of fused-ring (bicyclic) bond motifs is 1. The lowest BCUT2D eigenvalue weighted by Gasteiger charge is -2.11. The Bertz CT molecular complexity index is 1240. The molecule has 7 heteroatoms. The molecular weight excluding hydrogens is 364 g/mol. The molecule has 2 aromatic heterocycles. The third-order valence-electron chi connectivity index (χ3n) is 5.10. The number of nitrogens with zero attached hydrogens (tertiary/aromatic N) is 5. The number of nitrogens with one attached hydrogen (secondary N) is 1. The summed E-state index contributed by atoms with van der Waals surface area (Å²) in [6.07, 6.45) is 2.20. The van der Waals surface area contributed by atoms with Crippen molar-refractivity contribution in [3.63, 3.8) is 0 Å². The van der Waals surface area contributed by atoms with Gasteiger partial charge in [-0.2, -0.15) is 0 Å². The number of rotatable bonds is 4. The summed E-state index contributed by atoms with van der Waals surface area (Å²) in [4.78, 5) is 17.6. The molecule has 0 radical (unpaired) electrons. The normalized spacial score (nSPS) is 13.6. The average Bonchev–Trinajstić information content (AvgIpc) is 3.44. The Morgan fingerprint density at radius 1 is 1.10 bits per heavy atom. The molecule has 2 heterocycles. The van der Waals surface area contributed by atoms with E-state index in [4.69, 9.17) is 0 Å². The zero-order valence-electron chi connectivity index (χ0n) is 16.3. The minimum absolute atomic E-state index is 0.162. The molecule has 0 saturated heterocycles. The first-order valence-electron chi connectivity index (χ1n) is 9.66. The first-order valence-corrected chi connectivity index (χ1v) is 9.66. The number of aryl methyl sites for hydroxylation is 2. The molecule has 0 bridgehead atoms. The van der Waals surface area contributed by atoms with Crippen molar-refractivity contribution >= 4 is 22.5 Å². The van der Waals surface area contributed by atoms with Crippen LogP contribution in [0.15, 0.2) is 48.5 Å². The van der Waals surface area contributed by atoms with E-state index < -0.39 is 0 Å². The van der Waals surface area contributed by atoms with Crippen LogP contribution in [0.4, 0.5) is 5.69 Å². The maximum Gasteiger partial charge on any atom is 0.256 e. The van der Waals surface area contributed by atoms with E-state index in [1.165, 1.54) is 0 Å². The van der Waals surface area contributed by atoms with Crippen LogP contribution >= 0.6 is 0 Å². The summed E-state index contributed by atoms with van der Waals surface area (Å²) in [6.45, 7) is 3.91. The number of carbonyl (C=O) groups is 1. The Morgan fingerprint density at radius 3 is 2.79 bits per heavy atom. The summed E-state index contributed by atoms with van der Waals surface area (Å²) in [7, 11) is 0. The lowest BCUT2D eigenvalue weighted by Crippen LogP contribution is -2.13. The molecule has 4 aromatic rings. The fourth-order valence-electron chi connectivity index (χ4n) is 3.54. The molecule has 0 aliphatic heterocycles. The van der Waals surface area contributed by atoms with E-state index >= 15 is 0 Å². The van der Waals surface area contributed by atoms with Crippen molar-refractivity contribution in [2.24, 2.45) is 0 Å². The van der Waals surface area contributed by atoms with Crippen molar-refractivity contribution < 1.29 is 4.79 Å². The van der Waals surface area contributed by atoms with Crippen LogP contribution in [0, 0.1) is 13.8 Å². The quantitative estimate of drug-likeness (QED) is 0.573. The second kappa shape index (κ2) is 6.77. The molecule has 29 heavy (non-hydrogen) atoms. The fraction of sp³-hybridized carbons (Fsp3) is 0.227. The number of pyridine rings is 1. The third-order valence-corrected chi connectivity index (χ3v) is 5.10. The van der Waals surface area contributed by atoms with Crippen LogP contribution in [0.2, 0.25) is 0 Å². The van der Waals surface area contributed by atoms with Gasteiger partial charge in [0.05, 0.1) is 17.1 Å². The van der Waals surface area contributed by atoms with E-state index in [0.29, 0.717) is 17.3 Å². The Kier molecular flexibility index (Phi) is 4.08. The van der Waals surface area contributed by atoms with Gasteiger partial charge in [-0.25, -0.2) is 4.68 Å². The molecule has 1 fully saturated rings. The minimum atomic E-state index is -0.162. The van der Waals surface area contributed by atoms with Crippen LogP contribution in [-0.2, 0) is 0 Å². The van der Waals surface area contributed by atoms with Gasteiger partial charge >= 0.3 is 0 Å². The van der Waals surface area contributed by atoms with E-state index in [-0.39, 0.29) is 5.91 Å². The van der Waals surface area contributed by atoms with Crippen LogP contribution in [0.5, 0.6) is 0 Å². The van der Waals surface area contributed by atoms with Gasteiger partial charge in [0.25, 0.3) is 5.91 Å². The molecule has 1 aliphatic carbocycles. The highest BCUT2D eigenvalue weighted by molar-refractivity contribution is 6.12. The Hall–Kier alpha value is -3.61. The molecule has 1 amide bonds. The Morgan fingerprint density at radius 2 is 1.97 bits per heavy atom. The minimum Gasteiger partial charge on any atom is -0.322 e. The van der Waals surface area contributed by atoms with Crippen molar-refractivity contribution in [2.75, 3.05) is 5.32 Å². The number of hydrogen-bond acceptors (Lipinski definition) is 5. The monoisotopic (exact) mass is 384 g/mol. The number of hydrogen-bond donors (Lipinski definition) is 1. The highest BCUT2D eigenvalue weighted by Crippen LogP contribution is 2.36. The summed E-state index contributed by atoms with van der Waals surface area (Å²) < 4.78 is 1.86. The third kappa shape index (κ3) is 3.35. The molecule has 7 nitrogen and oxygen atoms in total. The van der Waals surface area contributed by atoms with E-state index in [2.05, 4.69) is 25.8 Å². The van der Waals surface area contributed by atoms with Crippen molar-refractivity contribution in [1.82, 2.24) is 25.2 Å². The molecule has 1 aliphatic rings. The van der Waals surface area contributed by atoms with Gasteiger partial charge in [-0.1, -0.05) is 23.8 Å². The number of tetrazole rings is 1. The number of anilines is 1. The van der Waals surface area contributed by atoms with Crippen molar-refractivity contribution in [3.05, 3.63) is 65.4 Å². The van der Waals surface area contributed by atoms with E-state index in [1.807, 2.05) is 67.1 Å². The largest absolute Gasteiger partial charge is 0.322 e. The van der Waals surface area contributed by atoms with Crippen LogP contribution < -0.4 is 5.32 Å². The smallest absolute Gasteiger partial charge is 0.256 e. The van der Waals surface area contributed by atoms with Crippen molar-refractivity contribution in [1.29, 1.82) is 0 Å². The standard InChI is InChI=1S/C22H20N6O/c1-13-6-9-20-18(10-13)19(11-14(2)23-20)22(29)24-16-5-3-4-15(12-16)21-25-26-27-28(21)17-7-8-17/h3-6,9-12,17H,7-8H2,1-2H3,(H,24,29). The SMILES string of the molecule is Cc1ccc2nc(C)cc(C(=O)Nc3cccc(-c4nnnn4C4CC4)c3)c2c1. The van der Waals surface area contributed by atoms with E-state index in [0.717, 1.165) is 46.4 Å². The topological polar surface area (TPSA) is 85.6 Å². The molecule has 1 saturated carbocycles. The van der Waals surface area contributed by atoms with Crippen molar-refractivity contribution in [3.8, 4) is 11.4 Å². The van der Waals surface area contributed by atoms with E-state index in [1.54, 1.807) is 0 Å². The number of benzene rings is 2.